The molecule has 0 aromatic rings. The van der Waals surface area contributed by atoms with Crippen molar-refractivity contribution in [1.82, 2.24) is 0 Å². The largest absolute Gasteiger partial charge is 0.381 e. The van der Waals surface area contributed by atoms with E-state index in [0.717, 1.165) is 143 Å². The second-order valence-corrected chi connectivity index (χ2v) is 18.7. The smallest absolute Gasteiger partial charge is 0.157 e. The summed E-state index contributed by atoms with van der Waals surface area (Å²) in [6, 6.07) is 0. The molecule has 0 aliphatic carbocycles. The lowest BCUT2D eigenvalue weighted by molar-refractivity contribution is -0.148. The third-order valence-electron chi connectivity index (χ3n) is 12.2. The van der Waals surface area contributed by atoms with Gasteiger partial charge in [0.05, 0.1) is 0 Å². The molecule has 0 atom stereocenters. The molecule has 392 valence electrons. The molecule has 0 radical (unpaired) electrons. The molecule has 0 N–H and O–H groups in total. The molecule has 0 aromatic heterocycles. The summed E-state index contributed by atoms with van der Waals surface area (Å²) in [4.78, 5) is 0. The second kappa shape index (κ2) is 59.8. The molecular weight excluding hydrogens is 817 g/mol. The van der Waals surface area contributed by atoms with E-state index in [1.807, 2.05) is 0 Å². The third-order valence-corrected chi connectivity index (χ3v) is 12.2. The highest BCUT2D eigenvalue weighted by atomic mass is 16.7. The van der Waals surface area contributed by atoms with Crippen molar-refractivity contribution < 1.29 is 42.6 Å². The van der Waals surface area contributed by atoms with Crippen molar-refractivity contribution in [2.75, 3.05) is 79.7 Å². The van der Waals surface area contributed by atoms with Crippen molar-refractivity contribution >= 4 is 0 Å². The Morgan fingerprint density at radius 3 is 0.708 bits per heavy atom. The molecule has 0 saturated heterocycles. The maximum atomic E-state index is 6.20. The number of ether oxygens (including phenoxy) is 9. The molecule has 9 heteroatoms. The summed E-state index contributed by atoms with van der Waals surface area (Å²) in [6.07, 6.45) is 46.3. The average Bonchev–Trinajstić information content (AvgIpc) is 3.31. The van der Waals surface area contributed by atoms with E-state index in [0.29, 0.717) is 13.2 Å². The average molecular weight is 932 g/mol. The fourth-order valence-corrected chi connectivity index (χ4v) is 7.85. The van der Waals surface area contributed by atoms with Gasteiger partial charge >= 0.3 is 0 Å². The van der Waals surface area contributed by atoms with E-state index in [-0.39, 0.29) is 26.2 Å². The summed E-state index contributed by atoms with van der Waals surface area (Å²) in [6.45, 7) is 17.6. The van der Waals surface area contributed by atoms with Crippen LogP contribution in [-0.4, -0.2) is 92.2 Å². The highest BCUT2D eigenvalue weighted by Crippen LogP contribution is 2.16. The minimum Gasteiger partial charge on any atom is -0.381 e. The maximum absolute atomic E-state index is 6.20. The van der Waals surface area contributed by atoms with Gasteiger partial charge in [-0.2, -0.15) is 0 Å². The van der Waals surface area contributed by atoms with Gasteiger partial charge in [-0.3, -0.25) is 0 Å². The zero-order valence-corrected chi connectivity index (χ0v) is 44.2. The Morgan fingerprint density at radius 2 is 0.415 bits per heavy atom. The van der Waals surface area contributed by atoms with Crippen LogP contribution in [0.1, 0.15) is 272 Å². The van der Waals surface area contributed by atoms with E-state index in [1.54, 1.807) is 0 Å². The van der Waals surface area contributed by atoms with Crippen LogP contribution in [0.25, 0.3) is 0 Å². The van der Waals surface area contributed by atoms with Crippen LogP contribution >= 0.6 is 0 Å². The van der Waals surface area contributed by atoms with Crippen molar-refractivity contribution in [2.45, 2.75) is 284 Å². The first-order valence-corrected chi connectivity index (χ1v) is 28.6. The molecule has 0 aliphatic rings. The van der Waals surface area contributed by atoms with E-state index in [9.17, 15) is 0 Å². The Labute approximate surface area is 405 Å². The van der Waals surface area contributed by atoms with Crippen LogP contribution in [0, 0.1) is 0 Å². The van der Waals surface area contributed by atoms with Crippen molar-refractivity contribution in [2.24, 2.45) is 0 Å². The highest BCUT2D eigenvalue weighted by molar-refractivity contribution is 4.55. The SMILES string of the molecule is CCCCCCCCOC(CCCCCCOCCCCOCOCOCCCCOCCCCCCC(OCCCCCCCC)OCCCCCCCC)OCCCCCCCC. The van der Waals surface area contributed by atoms with E-state index < -0.39 is 0 Å². The zero-order valence-electron chi connectivity index (χ0n) is 44.2. The first-order chi connectivity index (χ1) is 32.3. The van der Waals surface area contributed by atoms with Gasteiger partial charge in [-0.1, -0.05) is 182 Å². The fourth-order valence-electron chi connectivity index (χ4n) is 7.85. The van der Waals surface area contributed by atoms with E-state index in [4.69, 9.17) is 42.6 Å². The fraction of sp³-hybridized carbons (Fsp3) is 1.00. The minimum atomic E-state index is -0.0324. The minimum absolute atomic E-state index is 0.0324. The summed E-state index contributed by atoms with van der Waals surface area (Å²) in [7, 11) is 0. The summed E-state index contributed by atoms with van der Waals surface area (Å²) in [5.41, 5.74) is 0. The highest BCUT2D eigenvalue weighted by Gasteiger charge is 2.11. The topological polar surface area (TPSA) is 83.1 Å². The lowest BCUT2D eigenvalue weighted by Gasteiger charge is -2.19. The Hall–Kier alpha value is -0.360. The molecule has 65 heavy (non-hydrogen) atoms. The third kappa shape index (κ3) is 56.1. The van der Waals surface area contributed by atoms with Crippen LogP contribution in [0.2, 0.25) is 0 Å². The number of rotatable bonds is 60. The molecule has 0 heterocycles. The first-order valence-electron chi connectivity index (χ1n) is 28.6. The molecule has 0 fully saturated rings. The van der Waals surface area contributed by atoms with Crippen LogP contribution < -0.4 is 0 Å². The quantitative estimate of drug-likeness (QED) is 0.0437. The molecule has 0 aliphatic heterocycles. The Bertz CT molecular complexity index is 721. The van der Waals surface area contributed by atoms with E-state index >= 15 is 0 Å². The summed E-state index contributed by atoms with van der Waals surface area (Å²) < 4.78 is 53.2. The lowest BCUT2D eigenvalue weighted by atomic mass is 10.1. The standard InChI is InChI=1S/C56H114O9/c1-5-9-13-17-23-33-49-62-55(63-50-34-24-18-14-10-6-2)41-29-21-27-31-43-57-45-37-39-47-59-53-61-54-60-48-40-38-46-58-44-32-28-22-30-42-56(64-51-35-25-19-15-11-7-3)65-52-36-26-20-16-12-8-4/h55-56H,5-54H2,1-4H3. The van der Waals surface area contributed by atoms with Crippen LogP contribution in [0.3, 0.4) is 0 Å². The van der Waals surface area contributed by atoms with Crippen molar-refractivity contribution in [3.8, 4) is 0 Å². The van der Waals surface area contributed by atoms with Gasteiger partial charge in [0, 0.05) is 66.1 Å². The van der Waals surface area contributed by atoms with Crippen molar-refractivity contribution in [1.29, 1.82) is 0 Å². The van der Waals surface area contributed by atoms with Gasteiger partial charge in [0.25, 0.3) is 0 Å². The summed E-state index contributed by atoms with van der Waals surface area (Å²) in [5, 5.41) is 0. The second-order valence-electron chi connectivity index (χ2n) is 18.7. The van der Waals surface area contributed by atoms with Crippen LogP contribution in [-0.2, 0) is 42.6 Å². The Kier molecular flexibility index (Phi) is 59.4. The monoisotopic (exact) mass is 931 g/mol. The predicted octanol–water partition coefficient (Wildman–Crippen LogP) is 16.6. The first kappa shape index (κ1) is 64.6. The van der Waals surface area contributed by atoms with Crippen molar-refractivity contribution in [3.05, 3.63) is 0 Å². The van der Waals surface area contributed by atoms with Crippen molar-refractivity contribution in [3.63, 3.8) is 0 Å². The van der Waals surface area contributed by atoms with Gasteiger partial charge in [-0.05, 0) is 89.9 Å². The van der Waals surface area contributed by atoms with Crippen LogP contribution in [0.5, 0.6) is 0 Å². The number of hydrogen-bond donors (Lipinski definition) is 0. The number of unbranched alkanes of at least 4 members (excludes halogenated alkanes) is 28. The van der Waals surface area contributed by atoms with Gasteiger partial charge in [-0.25, -0.2) is 0 Å². The van der Waals surface area contributed by atoms with Crippen LogP contribution in [0.15, 0.2) is 0 Å². The molecule has 0 aromatic carbocycles. The Balaban J connectivity index is 3.63. The number of hydrogen-bond acceptors (Lipinski definition) is 9. The van der Waals surface area contributed by atoms with Gasteiger partial charge in [-0.15, -0.1) is 0 Å². The molecule has 0 amide bonds. The predicted molar refractivity (Wildman–Crippen MR) is 274 cm³/mol. The summed E-state index contributed by atoms with van der Waals surface area (Å²) >= 11 is 0. The zero-order chi connectivity index (χ0) is 46.9. The lowest BCUT2D eigenvalue weighted by Crippen LogP contribution is -2.19. The Morgan fingerprint density at radius 1 is 0.200 bits per heavy atom. The van der Waals surface area contributed by atoms with Gasteiger partial charge in [0.15, 0.2) is 12.6 Å². The van der Waals surface area contributed by atoms with Gasteiger partial charge in [0.1, 0.15) is 13.6 Å². The molecule has 0 spiro atoms. The molecule has 0 saturated carbocycles. The molecule has 0 bridgehead atoms. The molecular formula is C56H114O9. The van der Waals surface area contributed by atoms with E-state index in [1.165, 1.54) is 154 Å². The molecule has 0 unspecified atom stereocenters. The van der Waals surface area contributed by atoms with Gasteiger partial charge < -0.3 is 42.6 Å². The molecule has 9 nitrogen and oxygen atoms in total. The maximum Gasteiger partial charge on any atom is 0.157 e. The molecule has 0 rings (SSSR count). The van der Waals surface area contributed by atoms with Gasteiger partial charge in [0.2, 0.25) is 0 Å². The van der Waals surface area contributed by atoms with E-state index in [2.05, 4.69) is 27.7 Å². The normalized spacial score (nSPS) is 11.9. The van der Waals surface area contributed by atoms with Crippen LogP contribution in [0.4, 0.5) is 0 Å². The summed E-state index contributed by atoms with van der Waals surface area (Å²) in [5.74, 6) is 0.